The van der Waals surface area contributed by atoms with Gasteiger partial charge in [0.15, 0.2) is 7.14 Å². The summed E-state index contributed by atoms with van der Waals surface area (Å²) < 4.78 is 14.6. The SMILES string of the molecule is CCc1cccc(C)c1NC(=S)P(=O)(c1ccccc1)c1ccccc1. The van der Waals surface area contributed by atoms with Crippen molar-refractivity contribution >= 4 is 40.4 Å². The Bertz CT molecular complexity index is 911. The number of nitrogens with one attached hydrogen (secondary N) is 1. The van der Waals surface area contributed by atoms with Crippen molar-refractivity contribution in [2.45, 2.75) is 20.3 Å². The molecule has 0 heterocycles. The van der Waals surface area contributed by atoms with Crippen LogP contribution in [0, 0.1) is 6.92 Å². The Hall–Kier alpha value is -2.22. The number of para-hydroxylation sites is 1. The number of thiocarbonyl (C=S) groups is 1. The molecule has 2 nitrogen and oxygen atoms in total. The average Bonchev–Trinajstić information content (AvgIpc) is 2.70. The van der Waals surface area contributed by atoms with E-state index in [9.17, 15) is 4.57 Å². The van der Waals surface area contributed by atoms with Gasteiger partial charge in [0.25, 0.3) is 0 Å². The Morgan fingerprint density at radius 2 is 1.42 bits per heavy atom. The Balaban J connectivity index is 2.10. The zero-order valence-electron chi connectivity index (χ0n) is 15.0. The monoisotopic (exact) mass is 379 g/mol. The summed E-state index contributed by atoms with van der Waals surface area (Å²) in [6.45, 7) is 4.15. The van der Waals surface area contributed by atoms with Crippen LogP contribution in [0.1, 0.15) is 18.1 Å². The van der Waals surface area contributed by atoms with Crippen molar-refractivity contribution in [2.24, 2.45) is 0 Å². The quantitative estimate of drug-likeness (QED) is 0.484. The van der Waals surface area contributed by atoms with E-state index in [1.54, 1.807) is 0 Å². The third kappa shape index (κ3) is 3.51. The molecule has 0 amide bonds. The summed E-state index contributed by atoms with van der Waals surface area (Å²) in [6, 6.07) is 25.2. The molecule has 26 heavy (non-hydrogen) atoms. The maximum absolute atomic E-state index is 14.2. The minimum atomic E-state index is -3.11. The first-order chi connectivity index (χ1) is 12.6. The second-order valence-electron chi connectivity index (χ2n) is 6.17. The van der Waals surface area contributed by atoms with Gasteiger partial charge in [0.05, 0.1) is 0 Å². The van der Waals surface area contributed by atoms with Gasteiger partial charge in [-0.1, -0.05) is 98.0 Å². The molecule has 0 aliphatic heterocycles. The minimum Gasteiger partial charge on any atom is -0.343 e. The van der Waals surface area contributed by atoms with Gasteiger partial charge in [0.1, 0.15) is 4.73 Å². The van der Waals surface area contributed by atoms with Gasteiger partial charge < -0.3 is 9.88 Å². The summed E-state index contributed by atoms with van der Waals surface area (Å²) in [5.41, 5.74) is 3.23. The van der Waals surface area contributed by atoms with Gasteiger partial charge in [-0.3, -0.25) is 0 Å². The molecule has 0 atom stereocenters. The Kier molecular flexibility index (Phi) is 5.70. The van der Waals surface area contributed by atoms with Crippen molar-refractivity contribution in [3.05, 3.63) is 90.0 Å². The number of rotatable bonds is 5. The summed E-state index contributed by atoms with van der Waals surface area (Å²) in [6.07, 6.45) is 0.883. The molecule has 0 saturated heterocycles. The predicted octanol–water partition coefficient (Wildman–Crippen LogP) is 5.27. The van der Waals surface area contributed by atoms with Gasteiger partial charge in [-0.25, -0.2) is 0 Å². The van der Waals surface area contributed by atoms with Crippen molar-refractivity contribution in [1.29, 1.82) is 0 Å². The molecule has 0 saturated carbocycles. The molecule has 0 fully saturated rings. The van der Waals surface area contributed by atoms with E-state index in [4.69, 9.17) is 12.2 Å². The standard InChI is InChI=1S/C22H22NOPS/c1-3-18-12-10-11-17(2)21(18)23-22(26)25(24,19-13-6-4-7-14-19)20-15-8-5-9-16-20/h4-16H,3H2,1-2H3,(H,23,26). The van der Waals surface area contributed by atoms with Crippen LogP contribution in [0.4, 0.5) is 5.69 Å². The van der Waals surface area contributed by atoms with Crippen molar-refractivity contribution < 1.29 is 4.57 Å². The molecule has 0 spiro atoms. The van der Waals surface area contributed by atoms with Crippen LogP contribution >= 0.6 is 19.4 Å². The summed E-state index contributed by atoms with van der Waals surface area (Å²) in [7, 11) is -3.11. The van der Waals surface area contributed by atoms with E-state index in [-0.39, 0.29) is 0 Å². The summed E-state index contributed by atoms with van der Waals surface area (Å²) in [5.74, 6) is 0. The van der Waals surface area contributed by atoms with Crippen LogP contribution in [-0.2, 0) is 11.0 Å². The Labute approximate surface area is 160 Å². The smallest absolute Gasteiger partial charge is 0.197 e. The van der Waals surface area contributed by atoms with Crippen LogP contribution in [-0.4, -0.2) is 4.73 Å². The fraction of sp³-hybridized carbons (Fsp3) is 0.136. The summed E-state index contributed by atoms with van der Waals surface area (Å²) in [4.78, 5) is 0. The number of anilines is 1. The lowest BCUT2D eigenvalue weighted by atomic mass is 10.1. The fourth-order valence-electron chi connectivity index (χ4n) is 3.05. The topological polar surface area (TPSA) is 29.1 Å². The Morgan fingerprint density at radius 3 is 1.92 bits per heavy atom. The molecule has 1 N–H and O–H groups in total. The van der Waals surface area contributed by atoms with E-state index < -0.39 is 7.14 Å². The normalized spacial score (nSPS) is 11.2. The van der Waals surface area contributed by atoms with E-state index in [1.807, 2.05) is 79.7 Å². The second-order valence-corrected chi connectivity index (χ2v) is 9.58. The second kappa shape index (κ2) is 7.99. The zero-order valence-corrected chi connectivity index (χ0v) is 16.7. The highest BCUT2D eigenvalue weighted by Crippen LogP contribution is 2.45. The summed E-state index contributed by atoms with van der Waals surface area (Å²) >= 11 is 5.73. The van der Waals surface area contributed by atoms with Gasteiger partial charge in [0.2, 0.25) is 0 Å². The minimum absolute atomic E-state index is 0.374. The lowest BCUT2D eigenvalue weighted by Crippen LogP contribution is -2.26. The van der Waals surface area contributed by atoms with Gasteiger partial charge in [-0.15, -0.1) is 0 Å². The molecule has 3 rings (SSSR count). The lowest BCUT2D eigenvalue weighted by Gasteiger charge is -2.23. The van der Waals surface area contributed by atoms with Crippen LogP contribution in [0.25, 0.3) is 0 Å². The molecule has 0 aliphatic rings. The first-order valence-corrected chi connectivity index (χ1v) is 10.8. The summed E-state index contributed by atoms with van der Waals surface area (Å²) in [5, 5.41) is 4.83. The lowest BCUT2D eigenvalue weighted by molar-refractivity contribution is 0.594. The fourth-order valence-corrected chi connectivity index (χ4v) is 6.00. The van der Waals surface area contributed by atoms with Crippen molar-refractivity contribution in [1.82, 2.24) is 0 Å². The van der Waals surface area contributed by atoms with Crippen LogP contribution < -0.4 is 15.9 Å². The van der Waals surface area contributed by atoms with E-state index >= 15 is 0 Å². The first-order valence-electron chi connectivity index (χ1n) is 8.68. The number of benzene rings is 3. The van der Waals surface area contributed by atoms with Crippen LogP contribution in [0.3, 0.4) is 0 Å². The molecular formula is C22H22NOPS. The molecule has 3 aromatic rings. The molecule has 0 aliphatic carbocycles. The van der Waals surface area contributed by atoms with Gasteiger partial charge in [-0.05, 0) is 24.5 Å². The Morgan fingerprint density at radius 1 is 0.885 bits per heavy atom. The van der Waals surface area contributed by atoms with Crippen LogP contribution in [0.5, 0.6) is 0 Å². The van der Waals surface area contributed by atoms with E-state index in [1.165, 1.54) is 5.56 Å². The third-order valence-electron chi connectivity index (χ3n) is 4.50. The van der Waals surface area contributed by atoms with E-state index in [0.717, 1.165) is 28.3 Å². The number of hydrogen-bond acceptors (Lipinski definition) is 2. The largest absolute Gasteiger partial charge is 0.343 e. The highest BCUT2D eigenvalue weighted by atomic mass is 32.1. The van der Waals surface area contributed by atoms with Crippen molar-refractivity contribution in [3.63, 3.8) is 0 Å². The highest BCUT2D eigenvalue weighted by molar-refractivity contribution is 8.08. The van der Waals surface area contributed by atoms with E-state index in [0.29, 0.717) is 4.73 Å². The van der Waals surface area contributed by atoms with Crippen LogP contribution in [0.2, 0.25) is 0 Å². The molecular weight excluding hydrogens is 357 g/mol. The zero-order chi connectivity index (χ0) is 18.6. The molecule has 0 aromatic heterocycles. The first kappa shape index (κ1) is 18.6. The van der Waals surface area contributed by atoms with Crippen molar-refractivity contribution in [2.75, 3.05) is 5.32 Å². The molecule has 0 bridgehead atoms. The molecule has 0 radical (unpaired) electrons. The average molecular weight is 379 g/mol. The molecule has 4 heteroatoms. The molecule has 0 unspecified atom stereocenters. The third-order valence-corrected chi connectivity index (χ3v) is 8.11. The predicted molar refractivity (Wildman–Crippen MR) is 117 cm³/mol. The van der Waals surface area contributed by atoms with Crippen molar-refractivity contribution in [3.8, 4) is 0 Å². The van der Waals surface area contributed by atoms with Gasteiger partial charge >= 0.3 is 0 Å². The maximum atomic E-state index is 14.2. The number of aryl methyl sites for hydroxylation is 2. The highest BCUT2D eigenvalue weighted by Gasteiger charge is 2.32. The van der Waals surface area contributed by atoms with Gasteiger partial charge in [-0.2, -0.15) is 0 Å². The number of hydrogen-bond donors (Lipinski definition) is 1. The van der Waals surface area contributed by atoms with Crippen LogP contribution in [0.15, 0.2) is 78.9 Å². The maximum Gasteiger partial charge on any atom is 0.197 e. The molecule has 132 valence electrons. The van der Waals surface area contributed by atoms with Gasteiger partial charge in [0, 0.05) is 16.3 Å². The molecule has 3 aromatic carbocycles. The van der Waals surface area contributed by atoms with E-state index in [2.05, 4.69) is 18.3 Å².